The van der Waals surface area contributed by atoms with Crippen LogP contribution in [0.4, 0.5) is 5.82 Å². The van der Waals surface area contributed by atoms with Crippen LogP contribution < -0.4 is 5.32 Å². The van der Waals surface area contributed by atoms with Crippen LogP contribution in [0.3, 0.4) is 0 Å². The summed E-state index contributed by atoms with van der Waals surface area (Å²) in [4.78, 5) is 8.58. The Labute approximate surface area is 123 Å². The topological polar surface area (TPSA) is 72.9 Å². The first-order valence-corrected chi connectivity index (χ1v) is 6.87. The van der Waals surface area contributed by atoms with Gasteiger partial charge in [0.25, 0.3) is 0 Å². The zero-order valence-electron chi connectivity index (χ0n) is 12.7. The van der Waals surface area contributed by atoms with Crippen LogP contribution in [-0.4, -0.2) is 29.4 Å². The summed E-state index contributed by atoms with van der Waals surface area (Å²) < 4.78 is 3.53. The second kappa shape index (κ2) is 4.83. The summed E-state index contributed by atoms with van der Waals surface area (Å²) in [7, 11) is 1.85. The number of nitrogens with one attached hydrogen (secondary N) is 1. The van der Waals surface area contributed by atoms with Gasteiger partial charge < -0.3 is 5.32 Å². The predicted molar refractivity (Wildman–Crippen MR) is 80.0 cm³/mol. The second-order valence-electron chi connectivity index (χ2n) is 6.07. The van der Waals surface area contributed by atoms with Crippen molar-refractivity contribution in [3.8, 4) is 0 Å². The van der Waals surface area contributed by atoms with Gasteiger partial charge in [-0.2, -0.15) is 10.2 Å². The van der Waals surface area contributed by atoms with Gasteiger partial charge in [-0.1, -0.05) is 20.8 Å². The highest BCUT2D eigenvalue weighted by Gasteiger charge is 2.19. The van der Waals surface area contributed by atoms with Crippen LogP contribution >= 0.6 is 0 Å². The number of anilines is 1. The SMILES string of the molecule is Cn1cnc(CNc2nccn3nc(C(C)(C)C)cc23)n1. The Hall–Kier alpha value is -2.44. The average Bonchev–Trinajstić information content (AvgIpc) is 3.01. The normalized spacial score (nSPS) is 12.0. The van der Waals surface area contributed by atoms with Crippen LogP contribution in [0, 0.1) is 0 Å². The number of nitrogens with zero attached hydrogens (tertiary/aromatic N) is 6. The zero-order valence-corrected chi connectivity index (χ0v) is 12.7. The van der Waals surface area contributed by atoms with Crippen molar-refractivity contribution < 1.29 is 0 Å². The molecule has 0 unspecified atom stereocenters. The number of fused-ring (bicyclic) bond motifs is 1. The van der Waals surface area contributed by atoms with Crippen LogP contribution in [0.2, 0.25) is 0 Å². The van der Waals surface area contributed by atoms with Crippen LogP contribution in [0.1, 0.15) is 32.3 Å². The number of rotatable bonds is 3. The molecule has 0 spiro atoms. The lowest BCUT2D eigenvalue weighted by atomic mass is 9.92. The molecule has 0 atom stereocenters. The van der Waals surface area contributed by atoms with E-state index in [1.165, 1.54) is 0 Å². The lowest BCUT2D eigenvalue weighted by molar-refractivity contribution is 0.562. The Morgan fingerprint density at radius 2 is 2.00 bits per heavy atom. The minimum absolute atomic E-state index is 0.00578. The molecule has 0 aliphatic rings. The third-order valence-corrected chi connectivity index (χ3v) is 3.22. The molecule has 7 heteroatoms. The van der Waals surface area contributed by atoms with Crippen molar-refractivity contribution in [3.63, 3.8) is 0 Å². The minimum atomic E-state index is 0.00578. The van der Waals surface area contributed by atoms with E-state index in [9.17, 15) is 0 Å². The maximum atomic E-state index is 4.61. The quantitative estimate of drug-likeness (QED) is 0.794. The fraction of sp³-hybridized carbons (Fsp3) is 0.429. The zero-order chi connectivity index (χ0) is 15.0. The third kappa shape index (κ3) is 2.72. The number of hydrogen-bond donors (Lipinski definition) is 1. The molecule has 21 heavy (non-hydrogen) atoms. The summed E-state index contributed by atoms with van der Waals surface area (Å²) in [6, 6.07) is 2.07. The number of aromatic nitrogens is 6. The molecule has 3 aromatic heterocycles. The molecular weight excluding hydrogens is 266 g/mol. The van der Waals surface area contributed by atoms with E-state index in [4.69, 9.17) is 0 Å². The van der Waals surface area contributed by atoms with E-state index in [2.05, 4.69) is 52.3 Å². The molecule has 3 aromatic rings. The van der Waals surface area contributed by atoms with Crippen molar-refractivity contribution in [1.82, 2.24) is 29.4 Å². The highest BCUT2D eigenvalue weighted by atomic mass is 15.3. The minimum Gasteiger partial charge on any atom is -0.361 e. The predicted octanol–water partition coefficient (Wildman–Crippen LogP) is 1.77. The maximum absolute atomic E-state index is 4.61. The van der Waals surface area contributed by atoms with Gasteiger partial charge in [-0.15, -0.1) is 0 Å². The largest absolute Gasteiger partial charge is 0.361 e. The Kier molecular flexibility index (Phi) is 3.12. The smallest absolute Gasteiger partial charge is 0.169 e. The highest BCUT2D eigenvalue weighted by molar-refractivity contribution is 5.68. The molecule has 3 heterocycles. The van der Waals surface area contributed by atoms with E-state index in [-0.39, 0.29) is 5.41 Å². The Balaban J connectivity index is 1.89. The molecule has 0 amide bonds. The molecule has 0 aromatic carbocycles. The van der Waals surface area contributed by atoms with Crippen LogP contribution in [0.25, 0.3) is 5.52 Å². The van der Waals surface area contributed by atoms with Gasteiger partial charge in [0.05, 0.1) is 12.2 Å². The number of aryl methyl sites for hydroxylation is 1. The van der Waals surface area contributed by atoms with E-state index in [1.807, 2.05) is 17.8 Å². The molecule has 0 radical (unpaired) electrons. The van der Waals surface area contributed by atoms with Crippen LogP contribution in [0.5, 0.6) is 0 Å². The summed E-state index contributed by atoms with van der Waals surface area (Å²) in [5.41, 5.74) is 2.00. The molecule has 110 valence electrons. The molecule has 0 bridgehead atoms. The molecule has 0 aliphatic carbocycles. The van der Waals surface area contributed by atoms with Crippen molar-refractivity contribution in [2.75, 3.05) is 5.32 Å². The lowest BCUT2D eigenvalue weighted by Crippen LogP contribution is -2.11. The second-order valence-corrected chi connectivity index (χ2v) is 6.07. The fourth-order valence-corrected chi connectivity index (χ4v) is 2.05. The summed E-state index contributed by atoms with van der Waals surface area (Å²) >= 11 is 0. The molecule has 0 aliphatic heterocycles. The van der Waals surface area contributed by atoms with Gasteiger partial charge in [0.2, 0.25) is 0 Å². The first-order valence-electron chi connectivity index (χ1n) is 6.87. The monoisotopic (exact) mass is 285 g/mol. The van der Waals surface area contributed by atoms with E-state index in [1.54, 1.807) is 17.2 Å². The van der Waals surface area contributed by atoms with Gasteiger partial charge in [0.15, 0.2) is 11.6 Å². The van der Waals surface area contributed by atoms with Crippen molar-refractivity contribution in [3.05, 3.63) is 36.3 Å². The summed E-state index contributed by atoms with van der Waals surface area (Å²) in [6.07, 6.45) is 5.27. The van der Waals surface area contributed by atoms with E-state index in [0.29, 0.717) is 6.54 Å². The number of hydrogen-bond acceptors (Lipinski definition) is 5. The molecule has 1 N–H and O–H groups in total. The molecule has 3 rings (SSSR count). The molecule has 0 saturated carbocycles. The summed E-state index contributed by atoms with van der Waals surface area (Å²) in [5, 5.41) is 12.1. The van der Waals surface area contributed by atoms with Gasteiger partial charge in [-0.3, -0.25) is 4.68 Å². The van der Waals surface area contributed by atoms with Crippen molar-refractivity contribution in [1.29, 1.82) is 0 Å². The van der Waals surface area contributed by atoms with Gasteiger partial charge in [-0.05, 0) is 6.07 Å². The molecule has 0 fully saturated rings. The summed E-state index contributed by atoms with van der Waals surface area (Å²) in [5.74, 6) is 1.52. The van der Waals surface area contributed by atoms with E-state index >= 15 is 0 Å². The maximum Gasteiger partial charge on any atom is 0.169 e. The third-order valence-electron chi connectivity index (χ3n) is 3.22. The highest BCUT2D eigenvalue weighted by Crippen LogP contribution is 2.24. The Morgan fingerprint density at radius 3 is 2.67 bits per heavy atom. The van der Waals surface area contributed by atoms with Gasteiger partial charge in [-0.25, -0.2) is 14.5 Å². The van der Waals surface area contributed by atoms with Crippen molar-refractivity contribution in [2.45, 2.75) is 32.7 Å². The van der Waals surface area contributed by atoms with Crippen LogP contribution in [-0.2, 0) is 19.0 Å². The van der Waals surface area contributed by atoms with E-state index in [0.717, 1.165) is 22.9 Å². The van der Waals surface area contributed by atoms with Crippen LogP contribution in [0.15, 0.2) is 24.8 Å². The van der Waals surface area contributed by atoms with Gasteiger partial charge >= 0.3 is 0 Å². The standard InChI is InChI=1S/C14H19N7/c1-14(2,3)11-7-10-13(15-5-6-21(10)18-11)16-8-12-17-9-20(4)19-12/h5-7,9H,8H2,1-4H3,(H,15,16). The molecular formula is C14H19N7. The first kappa shape index (κ1) is 13.5. The fourth-order valence-electron chi connectivity index (χ4n) is 2.05. The Bertz CT molecular complexity index is 763. The van der Waals surface area contributed by atoms with Crippen molar-refractivity contribution in [2.24, 2.45) is 7.05 Å². The first-order chi connectivity index (χ1) is 9.93. The average molecular weight is 285 g/mol. The lowest BCUT2D eigenvalue weighted by Gasteiger charge is -2.13. The van der Waals surface area contributed by atoms with Crippen molar-refractivity contribution >= 4 is 11.3 Å². The Morgan fingerprint density at radius 1 is 1.19 bits per heavy atom. The molecule has 0 saturated heterocycles. The molecule has 7 nitrogen and oxygen atoms in total. The van der Waals surface area contributed by atoms with E-state index < -0.39 is 0 Å². The van der Waals surface area contributed by atoms with Gasteiger partial charge in [0.1, 0.15) is 11.8 Å². The van der Waals surface area contributed by atoms with Gasteiger partial charge in [0, 0.05) is 24.9 Å². The summed E-state index contributed by atoms with van der Waals surface area (Å²) in [6.45, 7) is 6.97.